The van der Waals surface area contributed by atoms with Gasteiger partial charge in [-0.25, -0.2) is 4.79 Å². The van der Waals surface area contributed by atoms with Gasteiger partial charge < -0.3 is 10.0 Å². The van der Waals surface area contributed by atoms with Gasteiger partial charge >= 0.3 is 5.97 Å². The standard InChI is InChI=1S/C20H20N2O3/c23-19(17-11-14(20(24)25)9-10-21-17)22-12-16(13-5-2-1-3-6-13)15-7-4-8-18(15)22/h1-3,5-6,9-11,15-16,18H,4,7-8,12H2,(H,24,25). The maximum atomic E-state index is 13.0. The van der Waals surface area contributed by atoms with Gasteiger partial charge in [0.05, 0.1) is 5.56 Å². The number of fused-ring (bicyclic) bond motifs is 1. The number of aromatic nitrogens is 1. The number of carboxylic acid groups (broad SMARTS) is 1. The molecule has 25 heavy (non-hydrogen) atoms. The fraction of sp³-hybridized carbons (Fsp3) is 0.350. The van der Waals surface area contributed by atoms with Gasteiger partial charge in [-0.3, -0.25) is 9.78 Å². The van der Waals surface area contributed by atoms with E-state index in [9.17, 15) is 9.59 Å². The van der Waals surface area contributed by atoms with Gasteiger partial charge in [0.25, 0.3) is 5.91 Å². The molecule has 0 radical (unpaired) electrons. The summed E-state index contributed by atoms with van der Waals surface area (Å²) in [7, 11) is 0. The molecule has 2 aliphatic rings. The molecule has 0 spiro atoms. The number of amides is 1. The minimum Gasteiger partial charge on any atom is -0.478 e. The second kappa shape index (κ2) is 6.31. The molecule has 1 aromatic carbocycles. The van der Waals surface area contributed by atoms with Crippen molar-refractivity contribution in [1.29, 1.82) is 0 Å². The summed E-state index contributed by atoms with van der Waals surface area (Å²) in [6, 6.07) is 13.4. The molecule has 1 saturated heterocycles. The molecule has 5 nitrogen and oxygen atoms in total. The number of carbonyl (C=O) groups excluding carboxylic acids is 1. The number of hydrogen-bond donors (Lipinski definition) is 1. The second-order valence-corrected chi connectivity index (χ2v) is 6.87. The van der Waals surface area contributed by atoms with Crippen molar-refractivity contribution in [1.82, 2.24) is 9.88 Å². The topological polar surface area (TPSA) is 70.5 Å². The molecular formula is C20H20N2O3. The van der Waals surface area contributed by atoms with Gasteiger partial charge in [-0.05, 0) is 36.5 Å². The molecule has 1 amide bonds. The molecule has 2 aromatic rings. The van der Waals surface area contributed by atoms with Crippen molar-refractivity contribution in [2.24, 2.45) is 5.92 Å². The second-order valence-electron chi connectivity index (χ2n) is 6.87. The number of hydrogen-bond acceptors (Lipinski definition) is 3. The molecule has 2 fully saturated rings. The number of benzene rings is 1. The third kappa shape index (κ3) is 2.80. The van der Waals surface area contributed by atoms with Crippen LogP contribution >= 0.6 is 0 Å². The number of rotatable bonds is 3. The van der Waals surface area contributed by atoms with E-state index in [-0.39, 0.29) is 23.2 Å². The first-order valence-corrected chi connectivity index (χ1v) is 8.70. The zero-order valence-electron chi connectivity index (χ0n) is 13.8. The van der Waals surface area contributed by atoms with Gasteiger partial charge in [0.15, 0.2) is 0 Å². The van der Waals surface area contributed by atoms with Gasteiger partial charge in [0.2, 0.25) is 0 Å². The fourth-order valence-corrected chi connectivity index (χ4v) is 4.42. The van der Waals surface area contributed by atoms with Crippen molar-refractivity contribution >= 4 is 11.9 Å². The largest absolute Gasteiger partial charge is 0.478 e. The minimum atomic E-state index is -1.04. The molecule has 4 rings (SSSR count). The lowest BCUT2D eigenvalue weighted by atomic mass is 9.87. The first-order chi connectivity index (χ1) is 12.1. The summed E-state index contributed by atoms with van der Waals surface area (Å²) in [6.45, 7) is 0.678. The van der Waals surface area contributed by atoms with Gasteiger partial charge in [0, 0.05) is 24.7 Å². The van der Waals surface area contributed by atoms with E-state index in [0.717, 1.165) is 19.3 Å². The Kier molecular flexibility index (Phi) is 3.99. The molecule has 2 heterocycles. The lowest BCUT2D eigenvalue weighted by Gasteiger charge is -2.23. The minimum absolute atomic E-state index is 0.0973. The van der Waals surface area contributed by atoms with Crippen molar-refractivity contribution < 1.29 is 14.7 Å². The molecule has 1 aliphatic heterocycles. The molecule has 128 valence electrons. The monoisotopic (exact) mass is 336 g/mol. The van der Waals surface area contributed by atoms with Crippen LogP contribution in [0.1, 0.15) is 51.6 Å². The van der Waals surface area contributed by atoms with E-state index in [2.05, 4.69) is 17.1 Å². The maximum absolute atomic E-state index is 13.0. The smallest absolute Gasteiger partial charge is 0.335 e. The van der Waals surface area contributed by atoms with Gasteiger partial charge in [-0.15, -0.1) is 0 Å². The third-order valence-corrected chi connectivity index (χ3v) is 5.56. The van der Waals surface area contributed by atoms with Crippen molar-refractivity contribution in [2.75, 3.05) is 6.54 Å². The average molecular weight is 336 g/mol. The Morgan fingerprint density at radius 1 is 1.12 bits per heavy atom. The summed E-state index contributed by atoms with van der Waals surface area (Å²) >= 11 is 0. The molecule has 3 unspecified atom stereocenters. The summed E-state index contributed by atoms with van der Waals surface area (Å²) in [5.41, 5.74) is 1.60. The van der Waals surface area contributed by atoms with Crippen LogP contribution in [0.15, 0.2) is 48.7 Å². The molecule has 1 aromatic heterocycles. The first kappa shape index (κ1) is 15.8. The van der Waals surface area contributed by atoms with Gasteiger partial charge in [-0.1, -0.05) is 36.8 Å². The Morgan fingerprint density at radius 3 is 2.68 bits per heavy atom. The summed E-state index contributed by atoms with van der Waals surface area (Å²) in [5, 5.41) is 9.14. The van der Waals surface area contributed by atoms with E-state index >= 15 is 0 Å². The van der Waals surface area contributed by atoms with Crippen LogP contribution in [0, 0.1) is 5.92 Å². The Morgan fingerprint density at radius 2 is 1.92 bits per heavy atom. The van der Waals surface area contributed by atoms with Crippen molar-refractivity contribution in [3.63, 3.8) is 0 Å². The lowest BCUT2D eigenvalue weighted by molar-refractivity contribution is 0.0696. The van der Waals surface area contributed by atoms with Crippen LogP contribution in [0.4, 0.5) is 0 Å². The molecule has 3 atom stereocenters. The van der Waals surface area contributed by atoms with Crippen molar-refractivity contribution in [3.8, 4) is 0 Å². The summed E-state index contributed by atoms with van der Waals surface area (Å²) in [6.07, 6.45) is 4.67. The van der Waals surface area contributed by atoms with Crippen LogP contribution < -0.4 is 0 Å². The van der Waals surface area contributed by atoms with Crippen molar-refractivity contribution in [2.45, 2.75) is 31.2 Å². The number of likely N-dealkylation sites (tertiary alicyclic amines) is 1. The Labute approximate surface area is 146 Å². The molecule has 1 N–H and O–H groups in total. The lowest BCUT2D eigenvalue weighted by Crippen LogP contribution is -2.36. The maximum Gasteiger partial charge on any atom is 0.335 e. The zero-order chi connectivity index (χ0) is 17.4. The fourth-order valence-electron chi connectivity index (χ4n) is 4.42. The van der Waals surface area contributed by atoms with Gasteiger partial charge in [-0.2, -0.15) is 0 Å². The van der Waals surface area contributed by atoms with E-state index in [1.54, 1.807) is 0 Å². The summed E-state index contributed by atoms with van der Waals surface area (Å²) in [4.78, 5) is 30.2. The van der Waals surface area contributed by atoms with E-state index in [1.165, 1.54) is 23.9 Å². The number of carboxylic acids is 1. The number of aromatic carboxylic acids is 1. The molecule has 0 bridgehead atoms. The van der Waals surface area contributed by atoms with Crippen LogP contribution in [-0.2, 0) is 0 Å². The van der Waals surface area contributed by atoms with E-state index in [0.29, 0.717) is 18.4 Å². The van der Waals surface area contributed by atoms with Crippen LogP contribution in [0.5, 0.6) is 0 Å². The van der Waals surface area contributed by atoms with Crippen LogP contribution in [0.3, 0.4) is 0 Å². The highest BCUT2D eigenvalue weighted by atomic mass is 16.4. The van der Waals surface area contributed by atoms with Crippen molar-refractivity contribution in [3.05, 3.63) is 65.5 Å². The highest BCUT2D eigenvalue weighted by molar-refractivity contribution is 5.96. The first-order valence-electron chi connectivity index (χ1n) is 8.70. The van der Waals surface area contributed by atoms with E-state index < -0.39 is 5.97 Å². The zero-order valence-corrected chi connectivity index (χ0v) is 13.8. The normalized spacial score (nSPS) is 25.0. The number of carbonyl (C=O) groups is 2. The summed E-state index contributed by atoms with van der Waals surface area (Å²) in [5.74, 6) is -0.369. The third-order valence-electron chi connectivity index (χ3n) is 5.56. The summed E-state index contributed by atoms with van der Waals surface area (Å²) < 4.78 is 0. The highest BCUT2D eigenvalue weighted by Gasteiger charge is 2.46. The number of nitrogens with zero attached hydrogens (tertiary/aromatic N) is 2. The molecule has 1 saturated carbocycles. The van der Waals surface area contributed by atoms with Crippen LogP contribution in [0.25, 0.3) is 0 Å². The van der Waals surface area contributed by atoms with Crippen LogP contribution in [0.2, 0.25) is 0 Å². The molecule has 5 heteroatoms. The number of pyridine rings is 1. The molecular weight excluding hydrogens is 316 g/mol. The Balaban J connectivity index is 1.63. The SMILES string of the molecule is O=C(O)c1ccnc(C(=O)N2CC(c3ccccc3)C3CCCC32)c1. The van der Waals surface area contributed by atoms with E-state index in [4.69, 9.17) is 5.11 Å². The van der Waals surface area contributed by atoms with E-state index in [1.807, 2.05) is 23.1 Å². The van der Waals surface area contributed by atoms with Gasteiger partial charge in [0.1, 0.15) is 5.69 Å². The quantitative estimate of drug-likeness (QED) is 0.934. The average Bonchev–Trinajstić information content (AvgIpc) is 3.24. The Bertz CT molecular complexity index is 806. The Hall–Kier alpha value is -2.69. The van der Waals surface area contributed by atoms with Crippen LogP contribution in [-0.4, -0.2) is 39.5 Å². The predicted molar refractivity (Wildman–Crippen MR) is 92.5 cm³/mol. The highest BCUT2D eigenvalue weighted by Crippen LogP contribution is 2.46. The molecule has 1 aliphatic carbocycles. The predicted octanol–water partition coefficient (Wildman–Crippen LogP) is 3.19.